The summed E-state index contributed by atoms with van der Waals surface area (Å²) in [6.07, 6.45) is 1.85. The van der Waals surface area contributed by atoms with Crippen LogP contribution >= 0.6 is 15.9 Å². The van der Waals surface area contributed by atoms with E-state index in [4.69, 9.17) is 0 Å². The minimum atomic E-state index is 0.391. The number of halogens is 1. The van der Waals surface area contributed by atoms with E-state index in [2.05, 4.69) is 60.0 Å². The Labute approximate surface area is 106 Å². The molecular weight excluding hydrogens is 264 g/mol. The first kappa shape index (κ1) is 12.1. The summed E-state index contributed by atoms with van der Waals surface area (Å²) < 4.78 is 1.03. The number of rotatable bonds is 3. The number of nitrogens with zero attached hydrogens (tertiary/aromatic N) is 1. The molecule has 0 aliphatic heterocycles. The van der Waals surface area contributed by atoms with Gasteiger partial charge < -0.3 is 5.32 Å². The van der Waals surface area contributed by atoms with Crippen molar-refractivity contribution in [1.82, 2.24) is 10.3 Å². The molecular formula is C13H19BrN2. The molecule has 0 saturated heterocycles. The zero-order chi connectivity index (χ0) is 12.0. The molecule has 16 heavy (non-hydrogen) atoms. The van der Waals surface area contributed by atoms with Crippen LogP contribution in [0.15, 0.2) is 22.8 Å². The van der Waals surface area contributed by atoms with Gasteiger partial charge in [0.05, 0.1) is 5.69 Å². The fraction of sp³-hybridized carbons (Fsp3) is 0.615. The molecule has 2 rings (SSSR count). The van der Waals surface area contributed by atoms with Crippen LogP contribution < -0.4 is 5.32 Å². The Hall–Kier alpha value is -0.410. The lowest BCUT2D eigenvalue weighted by atomic mass is 10.0. The van der Waals surface area contributed by atoms with Crippen molar-refractivity contribution in [3.8, 4) is 0 Å². The summed E-state index contributed by atoms with van der Waals surface area (Å²) in [4.78, 5) is 4.36. The van der Waals surface area contributed by atoms with E-state index in [1.54, 1.807) is 0 Å². The quantitative estimate of drug-likeness (QED) is 0.920. The van der Waals surface area contributed by atoms with Crippen molar-refractivity contribution in [3.63, 3.8) is 0 Å². The van der Waals surface area contributed by atoms with Crippen molar-refractivity contribution in [2.45, 2.75) is 40.3 Å². The minimum Gasteiger partial charge on any atom is -0.307 e. The van der Waals surface area contributed by atoms with E-state index in [9.17, 15) is 0 Å². The second-order valence-corrected chi connectivity index (χ2v) is 6.64. The van der Waals surface area contributed by atoms with Gasteiger partial charge in [0.2, 0.25) is 0 Å². The van der Waals surface area contributed by atoms with E-state index in [0.29, 0.717) is 16.9 Å². The standard InChI is InChI=1S/C13H19BrN2/c1-12(2)11(13(12,3)4)16-8-10-6-5-9(14)7-15-10/h5-7,11,16H,8H2,1-4H3. The van der Waals surface area contributed by atoms with Crippen molar-refractivity contribution < 1.29 is 0 Å². The Kier molecular flexibility index (Phi) is 2.87. The van der Waals surface area contributed by atoms with Gasteiger partial charge in [0, 0.05) is 23.3 Å². The molecule has 1 N–H and O–H groups in total. The van der Waals surface area contributed by atoms with Gasteiger partial charge >= 0.3 is 0 Å². The maximum Gasteiger partial charge on any atom is 0.0542 e. The molecule has 1 aliphatic carbocycles. The van der Waals surface area contributed by atoms with Gasteiger partial charge in [-0.25, -0.2) is 0 Å². The van der Waals surface area contributed by atoms with Gasteiger partial charge in [0.15, 0.2) is 0 Å². The third kappa shape index (κ3) is 1.91. The second kappa shape index (κ2) is 3.81. The monoisotopic (exact) mass is 282 g/mol. The Bertz CT molecular complexity index is 367. The smallest absolute Gasteiger partial charge is 0.0542 e. The lowest BCUT2D eigenvalue weighted by molar-refractivity contribution is 0.457. The van der Waals surface area contributed by atoms with Crippen LogP contribution in [-0.2, 0) is 6.54 Å². The van der Waals surface area contributed by atoms with Crippen molar-refractivity contribution in [2.24, 2.45) is 10.8 Å². The fourth-order valence-electron chi connectivity index (χ4n) is 2.42. The first-order valence-corrected chi connectivity index (χ1v) is 6.49. The summed E-state index contributed by atoms with van der Waals surface area (Å²) >= 11 is 3.39. The summed E-state index contributed by atoms with van der Waals surface area (Å²) in [7, 11) is 0. The summed E-state index contributed by atoms with van der Waals surface area (Å²) in [6, 6.07) is 4.68. The highest BCUT2D eigenvalue weighted by atomic mass is 79.9. The summed E-state index contributed by atoms with van der Waals surface area (Å²) in [5.41, 5.74) is 1.88. The van der Waals surface area contributed by atoms with Gasteiger partial charge in [-0.05, 0) is 38.9 Å². The van der Waals surface area contributed by atoms with Gasteiger partial charge in [-0.2, -0.15) is 0 Å². The number of aromatic nitrogens is 1. The number of nitrogens with one attached hydrogen (secondary N) is 1. The molecule has 0 atom stereocenters. The maximum atomic E-state index is 4.36. The zero-order valence-electron chi connectivity index (χ0n) is 10.3. The van der Waals surface area contributed by atoms with E-state index in [-0.39, 0.29) is 0 Å². The molecule has 0 spiro atoms. The van der Waals surface area contributed by atoms with Gasteiger partial charge in [-0.1, -0.05) is 27.7 Å². The lowest BCUT2D eigenvalue weighted by Crippen LogP contribution is -2.22. The topological polar surface area (TPSA) is 24.9 Å². The highest BCUT2D eigenvalue weighted by Gasteiger charge is 2.64. The molecule has 0 unspecified atom stereocenters. The minimum absolute atomic E-state index is 0.391. The molecule has 1 aromatic heterocycles. The first-order valence-electron chi connectivity index (χ1n) is 5.69. The Morgan fingerprint density at radius 1 is 1.25 bits per heavy atom. The third-order valence-electron chi connectivity index (χ3n) is 4.30. The SMILES string of the molecule is CC1(C)C(NCc2ccc(Br)cn2)C1(C)C. The van der Waals surface area contributed by atoms with Crippen LogP contribution in [0.25, 0.3) is 0 Å². The number of hydrogen-bond acceptors (Lipinski definition) is 2. The summed E-state index contributed by atoms with van der Waals surface area (Å²) in [5.74, 6) is 0. The Morgan fingerprint density at radius 2 is 1.88 bits per heavy atom. The van der Waals surface area contributed by atoms with Crippen LogP contribution in [0, 0.1) is 10.8 Å². The molecule has 1 fully saturated rings. The highest BCUT2D eigenvalue weighted by Crippen LogP contribution is 2.62. The van der Waals surface area contributed by atoms with E-state index < -0.39 is 0 Å². The van der Waals surface area contributed by atoms with Gasteiger partial charge in [0.1, 0.15) is 0 Å². The molecule has 0 aromatic carbocycles. The average molecular weight is 283 g/mol. The predicted octanol–water partition coefficient (Wildman–Crippen LogP) is 3.37. The van der Waals surface area contributed by atoms with Crippen LogP contribution in [0.3, 0.4) is 0 Å². The second-order valence-electron chi connectivity index (χ2n) is 5.73. The number of pyridine rings is 1. The molecule has 2 nitrogen and oxygen atoms in total. The molecule has 3 heteroatoms. The molecule has 88 valence electrons. The number of hydrogen-bond donors (Lipinski definition) is 1. The van der Waals surface area contributed by atoms with Crippen LogP contribution in [0.4, 0.5) is 0 Å². The van der Waals surface area contributed by atoms with E-state index >= 15 is 0 Å². The first-order chi connectivity index (χ1) is 7.35. The molecule has 1 saturated carbocycles. The van der Waals surface area contributed by atoms with Crippen molar-refractivity contribution in [3.05, 3.63) is 28.5 Å². The highest BCUT2D eigenvalue weighted by molar-refractivity contribution is 9.10. The maximum absolute atomic E-state index is 4.36. The van der Waals surface area contributed by atoms with Crippen LogP contribution in [0.1, 0.15) is 33.4 Å². The molecule has 1 aromatic rings. The van der Waals surface area contributed by atoms with Gasteiger partial charge in [-0.3, -0.25) is 4.98 Å². The normalized spacial score (nSPS) is 22.1. The molecule has 1 aliphatic rings. The Morgan fingerprint density at radius 3 is 2.31 bits per heavy atom. The van der Waals surface area contributed by atoms with Crippen LogP contribution in [0.2, 0.25) is 0 Å². The van der Waals surface area contributed by atoms with Gasteiger partial charge in [0.25, 0.3) is 0 Å². The van der Waals surface area contributed by atoms with E-state index in [1.807, 2.05) is 12.3 Å². The molecule has 0 amide bonds. The third-order valence-corrected chi connectivity index (χ3v) is 4.77. The Balaban J connectivity index is 1.93. The molecule has 1 heterocycles. The zero-order valence-corrected chi connectivity index (χ0v) is 11.9. The summed E-state index contributed by atoms with van der Waals surface area (Å²) in [5, 5.41) is 3.60. The average Bonchev–Trinajstić information content (AvgIpc) is 2.58. The van der Waals surface area contributed by atoms with E-state index in [0.717, 1.165) is 16.7 Å². The van der Waals surface area contributed by atoms with Gasteiger partial charge in [-0.15, -0.1) is 0 Å². The molecule has 0 radical (unpaired) electrons. The molecule has 0 bridgehead atoms. The van der Waals surface area contributed by atoms with Crippen LogP contribution in [0.5, 0.6) is 0 Å². The fourth-order valence-corrected chi connectivity index (χ4v) is 2.66. The van der Waals surface area contributed by atoms with Crippen molar-refractivity contribution >= 4 is 15.9 Å². The predicted molar refractivity (Wildman–Crippen MR) is 70.1 cm³/mol. The van der Waals surface area contributed by atoms with Crippen LogP contribution in [-0.4, -0.2) is 11.0 Å². The summed E-state index contributed by atoms with van der Waals surface area (Å²) in [6.45, 7) is 10.1. The largest absolute Gasteiger partial charge is 0.307 e. The van der Waals surface area contributed by atoms with Crippen molar-refractivity contribution in [2.75, 3.05) is 0 Å². The van der Waals surface area contributed by atoms with Crippen molar-refractivity contribution in [1.29, 1.82) is 0 Å². The van der Waals surface area contributed by atoms with E-state index in [1.165, 1.54) is 0 Å². The lowest BCUT2D eigenvalue weighted by Gasteiger charge is -2.05.